The highest BCUT2D eigenvalue weighted by molar-refractivity contribution is 4.98. The van der Waals surface area contributed by atoms with E-state index in [0.717, 1.165) is 18.8 Å². The van der Waals surface area contributed by atoms with Crippen molar-refractivity contribution in [2.45, 2.75) is 45.9 Å². The Morgan fingerprint density at radius 3 is 2.72 bits per heavy atom. The normalized spacial score (nSPS) is 15.3. The summed E-state index contributed by atoms with van der Waals surface area (Å²) in [5.41, 5.74) is -0.729. The Kier molecular flexibility index (Phi) is 5.85. The van der Waals surface area contributed by atoms with Crippen molar-refractivity contribution in [1.29, 1.82) is 0 Å². The number of hydrogen-bond acceptors (Lipinski definition) is 4. The second-order valence-electron chi connectivity index (χ2n) is 5.42. The highest BCUT2D eigenvalue weighted by Gasteiger charge is 2.23. The molecule has 1 rings (SSSR count). The van der Waals surface area contributed by atoms with Crippen molar-refractivity contribution in [3.63, 3.8) is 0 Å². The Balaban J connectivity index is 2.45. The number of nitrogens with one attached hydrogen (secondary N) is 1. The molecular formula is C14H26N2O2. The largest absolute Gasteiger partial charge is 0.468 e. The predicted molar refractivity (Wildman–Crippen MR) is 73.4 cm³/mol. The molecule has 1 aromatic heterocycles. The lowest BCUT2D eigenvalue weighted by Crippen LogP contribution is -2.48. The lowest BCUT2D eigenvalue weighted by molar-refractivity contribution is 0.0161. The molecule has 0 saturated carbocycles. The second kappa shape index (κ2) is 6.92. The molecule has 0 aliphatic heterocycles. The molecule has 1 atom stereocenters. The van der Waals surface area contributed by atoms with Gasteiger partial charge in [-0.05, 0) is 25.6 Å². The summed E-state index contributed by atoms with van der Waals surface area (Å²) in [5, 5.41) is 13.6. The first-order chi connectivity index (χ1) is 8.43. The molecule has 0 amide bonds. The van der Waals surface area contributed by atoms with Gasteiger partial charge in [0.15, 0.2) is 0 Å². The van der Waals surface area contributed by atoms with E-state index in [1.807, 2.05) is 19.1 Å². The van der Waals surface area contributed by atoms with E-state index >= 15 is 0 Å². The molecule has 0 aliphatic carbocycles. The van der Waals surface area contributed by atoms with Crippen LogP contribution in [0.1, 0.15) is 33.5 Å². The lowest BCUT2D eigenvalue weighted by Gasteiger charge is -2.31. The third-order valence-electron chi connectivity index (χ3n) is 2.86. The fourth-order valence-corrected chi connectivity index (χ4v) is 1.86. The monoisotopic (exact) mass is 254 g/mol. The molecule has 0 fully saturated rings. The smallest absolute Gasteiger partial charge is 0.117 e. The maximum absolute atomic E-state index is 10.4. The van der Waals surface area contributed by atoms with Crippen LogP contribution >= 0.6 is 0 Å². The van der Waals surface area contributed by atoms with E-state index in [1.165, 1.54) is 0 Å². The van der Waals surface area contributed by atoms with Crippen LogP contribution in [0.2, 0.25) is 0 Å². The Morgan fingerprint density at radius 1 is 1.50 bits per heavy atom. The van der Waals surface area contributed by atoms with Crippen molar-refractivity contribution in [3.8, 4) is 0 Å². The minimum atomic E-state index is -0.729. The molecule has 0 aliphatic rings. The van der Waals surface area contributed by atoms with Crippen molar-refractivity contribution in [1.82, 2.24) is 10.2 Å². The van der Waals surface area contributed by atoms with Gasteiger partial charge in [0.1, 0.15) is 5.76 Å². The summed E-state index contributed by atoms with van der Waals surface area (Å²) < 4.78 is 5.34. The van der Waals surface area contributed by atoms with Gasteiger partial charge in [-0.2, -0.15) is 0 Å². The first-order valence-electron chi connectivity index (χ1n) is 6.63. The lowest BCUT2D eigenvalue weighted by atomic mass is 10.1. The Labute approximate surface area is 110 Å². The highest BCUT2D eigenvalue weighted by atomic mass is 16.3. The molecule has 2 N–H and O–H groups in total. The van der Waals surface area contributed by atoms with Gasteiger partial charge in [-0.15, -0.1) is 0 Å². The molecule has 0 bridgehead atoms. The Hall–Kier alpha value is -0.840. The van der Waals surface area contributed by atoms with Gasteiger partial charge in [-0.1, -0.05) is 20.8 Å². The zero-order valence-corrected chi connectivity index (χ0v) is 11.9. The van der Waals surface area contributed by atoms with Crippen LogP contribution < -0.4 is 5.32 Å². The van der Waals surface area contributed by atoms with Crippen LogP contribution in [0.5, 0.6) is 0 Å². The predicted octanol–water partition coefficient (Wildman–Crippen LogP) is 1.85. The van der Waals surface area contributed by atoms with E-state index in [9.17, 15) is 5.11 Å². The summed E-state index contributed by atoms with van der Waals surface area (Å²) >= 11 is 0. The van der Waals surface area contributed by atoms with E-state index in [1.54, 1.807) is 6.26 Å². The van der Waals surface area contributed by atoms with Crippen molar-refractivity contribution in [2.24, 2.45) is 0 Å². The maximum atomic E-state index is 10.4. The van der Waals surface area contributed by atoms with Crippen molar-refractivity contribution in [2.75, 3.05) is 19.6 Å². The average molecular weight is 254 g/mol. The van der Waals surface area contributed by atoms with Crippen molar-refractivity contribution < 1.29 is 9.52 Å². The summed E-state index contributed by atoms with van der Waals surface area (Å²) in [5.74, 6) is 0.935. The van der Waals surface area contributed by atoms with Gasteiger partial charge in [0.05, 0.1) is 18.4 Å². The van der Waals surface area contributed by atoms with Gasteiger partial charge >= 0.3 is 0 Å². The van der Waals surface area contributed by atoms with Gasteiger partial charge in [0.25, 0.3) is 0 Å². The highest BCUT2D eigenvalue weighted by Crippen LogP contribution is 2.10. The van der Waals surface area contributed by atoms with E-state index in [0.29, 0.717) is 19.1 Å². The van der Waals surface area contributed by atoms with E-state index in [4.69, 9.17) is 4.42 Å². The third kappa shape index (κ3) is 5.67. The zero-order chi connectivity index (χ0) is 13.6. The van der Waals surface area contributed by atoms with Gasteiger partial charge in [-0.25, -0.2) is 0 Å². The number of hydrogen-bond donors (Lipinski definition) is 2. The maximum Gasteiger partial charge on any atom is 0.117 e. The van der Waals surface area contributed by atoms with Crippen LogP contribution in [0, 0.1) is 0 Å². The number of nitrogens with zero attached hydrogens (tertiary/aromatic N) is 1. The van der Waals surface area contributed by atoms with Crippen LogP contribution in [0.15, 0.2) is 22.8 Å². The van der Waals surface area contributed by atoms with Crippen molar-refractivity contribution >= 4 is 0 Å². The number of aliphatic hydroxyl groups is 1. The van der Waals surface area contributed by atoms with Crippen LogP contribution in [0.4, 0.5) is 0 Å². The molecule has 0 radical (unpaired) electrons. The topological polar surface area (TPSA) is 48.6 Å². The zero-order valence-electron chi connectivity index (χ0n) is 11.9. The number of likely N-dealkylation sites (N-methyl/N-ethyl adjacent to an activating group) is 1. The van der Waals surface area contributed by atoms with Gasteiger partial charge in [0, 0.05) is 19.1 Å². The fourth-order valence-electron chi connectivity index (χ4n) is 1.86. The van der Waals surface area contributed by atoms with Gasteiger partial charge < -0.3 is 14.8 Å². The quantitative estimate of drug-likeness (QED) is 0.743. The summed E-state index contributed by atoms with van der Waals surface area (Å²) in [7, 11) is 0. The molecule has 18 heavy (non-hydrogen) atoms. The summed E-state index contributed by atoms with van der Waals surface area (Å²) in [6.45, 7) is 11.0. The van der Waals surface area contributed by atoms with Crippen LogP contribution in [-0.4, -0.2) is 41.3 Å². The first kappa shape index (κ1) is 15.2. The van der Waals surface area contributed by atoms with Crippen LogP contribution in [-0.2, 0) is 6.54 Å². The molecule has 1 heterocycles. The van der Waals surface area contributed by atoms with Crippen molar-refractivity contribution in [3.05, 3.63) is 24.2 Å². The molecular weight excluding hydrogens is 228 g/mol. The van der Waals surface area contributed by atoms with Gasteiger partial charge in [-0.3, -0.25) is 4.90 Å². The first-order valence-corrected chi connectivity index (χ1v) is 6.63. The van der Waals surface area contributed by atoms with Gasteiger partial charge in [0.2, 0.25) is 0 Å². The van der Waals surface area contributed by atoms with E-state index in [-0.39, 0.29) is 0 Å². The molecule has 0 saturated heterocycles. The Morgan fingerprint density at radius 2 is 2.22 bits per heavy atom. The van der Waals surface area contributed by atoms with E-state index in [2.05, 4.69) is 31.0 Å². The SMILES string of the molecule is CCN(Cc1ccco1)CC(C)(O)CNC(C)C. The molecule has 0 aromatic carbocycles. The summed E-state index contributed by atoms with van der Waals surface area (Å²) in [4.78, 5) is 2.18. The minimum Gasteiger partial charge on any atom is -0.468 e. The second-order valence-corrected chi connectivity index (χ2v) is 5.42. The minimum absolute atomic E-state index is 0.386. The molecule has 104 valence electrons. The average Bonchev–Trinajstić information content (AvgIpc) is 2.78. The summed E-state index contributed by atoms with van der Waals surface area (Å²) in [6, 6.07) is 4.24. The number of furan rings is 1. The molecule has 4 heteroatoms. The standard InChI is InChI=1S/C14H26N2O2/c1-5-16(9-13-7-6-8-18-13)11-14(4,17)10-15-12(2)3/h6-8,12,15,17H,5,9-11H2,1-4H3. The van der Waals surface area contributed by atoms with E-state index < -0.39 is 5.60 Å². The molecule has 1 aromatic rings. The fraction of sp³-hybridized carbons (Fsp3) is 0.714. The number of rotatable bonds is 8. The Bertz CT molecular complexity index is 321. The molecule has 4 nitrogen and oxygen atoms in total. The molecule has 0 spiro atoms. The summed E-state index contributed by atoms with van der Waals surface area (Å²) in [6.07, 6.45) is 1.68. The molecule has 1 unspecified atom stereocenters. The van der Waals surface area contributed by atoms with Crippen LogP contribution in [0.3, 0.4) is 0 Å². The third-order valence-corrected chi connectivity index (χ3v) is 2.86. The van der Waals surface area contributed by atoms with Crippen LogP contribution in [0.25, 0.3) is 0 Å².